The fourth-order valence-electron chi connectivity index (χ4n) is 2.57. The molecule has 0 saturated heterocycles. The van der Waals surface area contributed by atoms with Crippen molar-refractivity contribution in [2.45, 2.75) is 25.4 Å². The third-order valence-corrected chi connectivity index (χ3v) is 4.85. The van der Waals surface area contributed by atoms with Crippen molar-refractivity contribution >= 4 is 22.9 Å². The van der Waals surface area contributed by atoms with Crippen LogP contribution in [0.5, 0.6) is 0 Å². The van der Waals surface area contributed by atoms with E-state index in [4.69, 9.17) is 11.6 Å². The summed E-state index contributed by atoms with van der Waals surface area (Å²) in [4.78, 5) is 13.7. The van der Waals surface area contributed by atoms with Crippen molar-refractivity contribution in [1.29, 1.82) is 0 Å². The topological polar surface area (TPSA) is 39.8 Å². The Labute approximate surface area is 136 Å². The molecular weight excluding hydrogens is 318 g/mol. The molecule has 3 aromatic rings. The number of hydrogen-bond acceptors (Lipinski definition) is 3. The Morgan fingerprint density at radius 3 is 2.82 bits per heavy atom. The first-order valence-corrected chi connectivity index (χ1v) is 8.46. The SMILES string of the molecule is O=c1n(Cc2cccc(Cl)c2)nc(-c2cccs2)n1C1CC1. The number of hydrogen-bond donors (Lipinski definition) is 0. The molecule has 1 aliphatic carbocycles. The molecule has 2 aromatic heterocycles. The average Bonchev–Trinajstić information content (AvgIpc) is 3.08. The van der Waals surface area contributed by atoms with Crippen molar-refractivity contribution in [3.05, 3.63) is 62.8 Å². The van der Waals surface area contributed by atoms with Gasteiger partial charge >= 0.3 is 5.69 Å². The van der Waals surface area contributed by atoms with Gasteiger partial charge < -0.3 is 0 Å². The van der Waals surface area contributed by atoms with E-state index in [-0.39, 0.29) is 5.69 Å². The van der Waals surface area contributed by atoms with Crippen LogP contribution in [0.4, 0.5) is 0 Å². The zero-order valence-electron chi connectivity index (χ0n) is 11.8. The van der Waals surface area contributed by atoms with E-state index in [0.29, 0.717) is 17.6 Å². The highest BCUT2D eigenvalue weighted by molar-refractivity contribution is 7.13. The first kappa shape index (κ1) is 13.8. The maximum atomic E-state index is 12.7. The molecule has 6 heteroatoms. The molecule has 0 atom stereocenters. The van der Waals surface area contributed by atoms with Crippen LogP contribution in [0.1, 0.15) is 24.4 Å². The summed E-state index contributed by atoms with van der Waals surface area (Å²) < 4.78 is 3.38. The summed E-state index contributed by atoms with van der Waals surface area (Å²) in [5.41, 5.74) is 0.943. The minimum Gasteiger partial charge on any atom is -0.271 e. The summed E-state index contributed by atoms with van der Waals surface area (Å²) in [6.07, 6.45) is 2.11. The highest BCUT2D eigenvalue weighted by Gasteiger charge is 2.30. The monoisotopic (exact) mass is 331 g/mol. The molecule has 22 heavy (non-hydrogen) atoms. The van der Waals surface area contributed by atoms with Gasteiger partial charge in [-0.1, -0.05) is 29.8 Å². The van der Waals surface area contributed by atoms with Gasteiger partial charge in [-0.25, -0.2) is 9.48 Å². The van der Waals surface area contributed by atoms with Crippen LogP contribution in [0.3, 0.4) is 0 Å². The normalized spacial score (nSPS) is 14.4. The number of halogens is 1. The van der Waals surface area contributed by atoms with Crippen LogP contribution in [0.25, 0.3) is 10.7 Å². The number of thiophene rings is 1. The standard InChI is InChI=1S/C16H14ClN3OS/c17-12-4-1-3-11(9-12)10-19-16(21)20(13-6-7-13)15(18-19)14-5-2-8-22-14/h1-5,8-9,13H,6-7,10H2. The Balaban J connectivity index is 1.77. The van der Waals surface area contributed by atoms with E-state index >= 15 is 0 Å². The fourth-order valence-corrected chi connectivity index (χ4v) is 3.49. The molecule has 1 aliphatic rings. The van der Waals surface area contributed by atoms with E-state index in [1.807, 2.05) is 46.3 Å². The van der Waals surface area contributed by atoms with Crippen LogP contribution < -0.4 is 5.69 Å². The molecule has 1 aromatic carbocycles. The number of rotatable bonds is 4. The summed E-state index contributed by atoms with van der Waals surface area (Å²) in [5.74, 6) is 0.782. The van der Waals surface area contributed by atoms with Crippen LogP contribution in [0.15, 0.2) is 46.6 Å². The van der Waals surface area contributed by atoms with Crippen LogP contribution in [-0.2, 0) is 6.54 Å². The van der Waals surface area contributed by atoms with Crippen molar-refractivity contribution < 1.29 is 0 Å². The molecule has 0 radical (unpaired) electrons. The maximum absolute atomic E-state index is 12.7. The van der Waals surface area contributed by atoms with Crippen LogP contribution in [0.2, 0.25) is 5.02 Å². The lowest BCUT2D eigenvalue weighted by Gasteiger charge is -2.01. The predicted octanol–water partition coefficient (Wildman–Crippen LogP) is 3.81. The fraction of sp³-hybridized carbons (Fsp3) is 0.250. The second kappa shape index (κ2) is 5.41. The second-order valence-corrected chi connectivity index (χ2v) is 6.86. The molecule has 2 heterocycles. The zero-order chi connectivity index (χ0) is 15.1. The molecule has 0 amide bonds. The minimum atomic E-state index is -0.0362. The second-order valence-electron chi connectivity index (χ2n) is 5.47. The molecule has 0 N–H and O–H groups in total. The lowest BCUT2D eigenvalue weighted by molar-refractivity contribution is 0.626. The lowest BCUT2D eigenvalue weighted by Crippen LogP contribution is -2.25. The molecule has 1 fully saturated rings. The maximum Gasteiger partial charge on any atom is 0.346 e. The smallest absolute Gasteiger partial charge is 0.271 e. The van der Waals surface area contributed by atoms with Gasteiger partial charge in [0.15, 0.2) is 5.82 Å². The van der Waals surface area contributed by atoms with Gasteiger partial charge in [0.1, 0.15) is 0 Å². The first-order valence-electron chi connectivity index (χ1n) is 7.20. The van der Waals surface area contributed by atoms with Gasteiger partial charge in [0.25, 0.3) is 0 Å². The van der Waals surface area contributed by atoms with Crippen molar-refractivity contribution in [1.82, 2.24) is 14.3 Å². The van der Waals surface area contributed by atoms with Crippen molar-refractivity contribution in [3.63, 3.8) is 0 Å². The molecule has 4 nitrogen and oxygen atoms in total. The predicted molar refractivity (Wildman–Crippen MR) is 88.6 cm³/mol. The number of nitrogens with zero attached hydrogens (tertiary/aromatic N) is 3. The minimum absolute atomic E-state index is 0.0362. The molecule has 112 valence electrons. The molecular formula is C16H14ClN3OS. The lowest BCUT2D eigenvalue weighted by atomic mass is 10.2. The largest absolute Gasteiger partial charge is 0.346 e. The Morgan fingerprint density at radius 1 is 1.27 bits per heavy atom. The third kappa shape index (κ3) is 2.51. The molecule has 1 saturated carbocycles. The number of aromatic nitrogens is 3. The quantitative estimate of drug-likeness (QED) is 0.729. The van der Waals surface area contributed by atoms with E-state index < -0.39 is 0 Å². The molecule has 4 rings (SSSR count). The van der Waals surface area contributed by atoms with E-state index in [9.17, 15) is 4.79 Å². The summed E-state index contributed by atoms with van der Waals surface area (Å²) in [6, 6.07) is 11.8. The summed E-state index contributed by atoms with van der Waals surface area (Å²) >= 11 is 7.63. The van der Waals surface area contributed by atoms with Crippen LogP contribution >= 0.6 is 22.9 Å². The van der Waals surface area contributed by atoms with Gasteiger partial charge in [-0.15, -0.1) is 16.4 Å². The Bertz CT molecular complexity index is 862. The van der Waals surface area contributed by atoms with Gasteiger partial charge in [-0.2, -0.15) is 0 Å². The van der Waals surface area contributed by atoms with Gasteiger partial charge in [0.2, 0.25) is 0 Å². The third-order valence-electron chi connectivity index (χ3n) is 3.75. The van der Waals surface area contributed by atoms with Crippen molar-refractivity contribution in [2.24, 2.45) is 0 Å². The average molecular weight is 332 g/mol. The van der Waals surface area contributed by atoms with E-state index in [0.717, 1.165) is 29.1 Å². The van der Waals surface area contributed by atoms with E-state index in [1.165, 1.54) is 0 Å². The molecule has 0 spiro atoms. The Kier molecular flexibility index (Phi) is 3.39. The van der Waals surface area contributed by atoms with Crippen LogP contribution in [0, 0.1) is 0 Å². The Morgan fingerprint density at radius 2 is 2.14 bits per heavy atom. The van der Waals surface area contributed by atoms with Gasteiger partial charge in [0.05, 0.1) is 11.4 Å². The molecule has 0 aliphatic heterocycles. The summed E-state index contributed by atoms with van der Waals surface area (Å²) in [5, 5.41) is 7.25. The van der Waals surface area contributed by atoms with Crippen molar-refractivity contribution in [2.75, 3.05) is 0 Å². The summed E-state index contributed by atoms with van der Waals surface area (Å²) in [7, 11) is 0. The van der Waals surface area contributed by atoms with E-state index in [1.54, 1.807) is 16.0 Å². The van der Waals surface area contributed by atoms with Crippen LogP contribution in [-0.4, -0.2) is 14.3 Å². The van der Waals surface area contributed by atoms with E-state index in [2.05, 4.69) is 5.10 Å². The zero-order valence-corrected chi connectivity index (χ0v) is 13.3. The number of benzene rings is 1. The highest BCUT2D eigenvalue weighted by atomic mass is 35.5. The summed E-state index contributed by atoms with van der Waals surface area (Å²) in [6.45, 7) is 0.442. The first-order chi connectivity index (χ1) is 10.7. The van der Waals surface area contributed by atoms with Gasteiger partial charge in [-0.05, 0) is 42.0 Å². The Hall–Kier alpha value is -1.85. The molecule has 0 unspecified atom stereocenters. The van der Waals surface area contributed by atoms with Crippen molar-refractivity contribution in [3.8, 4) is 10.7 Å². The van der Waals surface area contributed by atoms with Gasteiger partial charge in [-0.3, -0.25) is 4.57 Å². The van der Waals surface area contributed by atoms with Gasteiger partial charge in [0, 0.05) is 11.1 Å². The highest BCUT2D eigenvalue weighted by Crippen LogP contribution is 2.37. The molecule has 0 bridgehead atoms.